The van der Waals surface area contributed by atoms with Crippen LogP contribution in [0.5, 0.6) is 0 Å². The molecule has 3 rings (SSSR count). The summed E-state index contributed by atoms with van der Waals surface area (Å²) in [5.41, 5.74) is 0.473. The molecule has 2 aliphatic heterocycles. The molecule has 0 spiro atoms. The van der Waals surface area contributed by atoms with E-state index in [0.29, 0.717) is 5.92 Å². The third kappa shape index (κ3) is 4.05. The number of ether oxygens (including phenoxy) is 1. The van der Waals surface area contributed by atoms with Gasteiger partial charge in [-0.3, -0.25) is 4.90 Å². The Hall–Kier alpha value is -1.23. The quantitative estimate of drug-likeness (QED) is 0.917. The predicted molar refractivity (Wildman–Crippen MR) is 94.1 cm³/mol. The Bertz CT molecular complexity index is 553. The minimum atomic E-state index is -0.541. The average Bonchev–Trinajstić information content (AvgIpc) is 2.61. The molecule has 0 aliphatic carbocycles. The van der Waals surface area contributed by atoms with E-state index in [0.717, 1.165) is 57.7 Å². The van der Waals surface area contributed by atoms with Gasteiger partial charge < -0.3 is 9.84 Å². The highest BCUT2D eigenvalue weighted by atomic mass is 19.1. The van der Waals surface area contributed by atoms with Gasteiger partial charge in [-0.05, 0) is 48.8 Å². The number of halogens is 1. The van der Waals surface area contributed by atoms with E-state index in [1.807, 2.05) is 6.08 Å². The Labute approximate surface area is 144 Å². The molecule has 2 fully saturated rings. The first kappa shape index (κ1) is 17.6. The molecular weight excluding hydrogens is 305 g/mol. The lowest BCUT2D eigenvalue weighted by Crippen LogP contribution is -2.55. The van der Waals surface area contributed by atoms with Crippen LogP contribution in [0.1, 0.15) is 31.7 Å². The lowest BCUT2D eigenvalue weighted by molar-refractivity contribution is -0.129. The monoisotopic (exact) mass is 333 g/mol. The van der Waals surface area contributed by atoms with E-state index in [4.69, 9.17) is 4.74 Å². The summed E-state index contributed by atoms with van der Waals surface area (Å²) in [7, 11) is 0. The first-order valence-corrected chi connectivity index (χ1v) is 9.02. The van der Waals surface area contributed by atoms with Crippen LogP contribution < -0.4 is 0 Å². The maximum atomic E-state index is 12.9. The van der Waals surface area contributed by atoms with E-state index < -0.39 is 5.60 Å². The molecule has 2 atom stereocenters. The molecule has 2 heterocycles. The molecule has 0 radical (unpaired) electrons. The van der Waals surface area contributed by atoms with Gasteiger partial charge in [-0.2, -0.15) is 0 Å². The molecule has 0 bridgehead atoms. The highest BCUT2D eigenvalue weighted by molar-refractivity contribution is 5.48. The van der Waals surface area contributed by atoms with Gasteiger partial charge in [0.1, 0.15) is 5.82 Å². The molecule has 24 heavy (non-hydrogen) atoms. The van der Waals surface area contributed by atoms with Crippen molar-refractivity contribution in [3.05, 3.63) is 41.7 Å². The molecule has 0 saturated carbocycles. The van der Waals surface area contributed by atoms with Crippen molar-refractivity contribution >= 4 is 6.08 Å². The van der Waals surface area contributed by atoms with Crippen LogP contribution in [0.3, 0.4) is 0 Å². The summed E-state index contributed by atoms with van der Waals surface area (Å²) >= 11 is 0. The number of likely N-dealkylation sites (tertiary alicyclic amines) is 1. The Morgan fingerprint density at radius 2 is 2.00 bits per heavy atom. The fourth-order valence-corrected chi connectivity index (χ4v) is 4.10. The fraction of sp³-hybridized carbons (Fsp3) is 0.600. The van der Waals surface area contributed by atoms with Crippen LogP contribution in [0.4, 0.5) is 4.39 Å². The SMILES string of the molecule is C[C@@H]1CN(C/C=C/c2ccc(F)cc2)CC[C@@]1(O)C1CCOCC1. The van der Waals surface area contributed by atoms with Crippen LogP contribution in [-0.4, -0.2) is 48.5 Å². The second-order valence-electron chi connectivity index (χ2n) is 7.24. The molecular formula is C20H28FNO2. The molecule has 0 amide bonds. The second-order valence-corrected chi connectivity index (χ2v) is 7.24. The van der Waals surface area contributed by atoms with Gasteiger partial charge in [-0.25, -0.2) is 4.39 Å². The zero-order valence-corrected chi connectivity index (χ0v) is 14.5. The summed E-state index contributed by atoms with van der Waals surface area (Å²) in [6.45, 7) is 6.44. The van der Waals surface area contributed by atoms with Crippen molar-refractivity contribution < 1.29 is 14.2 Å². The van der Waals surface area contributed by atoms with E-state index >= 15 is 0 Å². The highest BCUT2D eigenvalue weighted by Crippen LogP contribution is 2.39. The maximum absolute atomic E-state index is 12.9. The zero-order chi connectivity index (χ0) is 17.0. The lowest BCUT2D eigenvalue weighted by atomic mass is 9.70. The minimum absolute atomic E-state index is 0.204. The Balaban J connectivity index is 1.52. The normalized spacial score (nSPS) is 30.0. The van der Waals surface area contributed by atoms with Gasteiger partial charge in [-0.15, -0.1) is 0 Å². The van der Waals surface area contributed by atoms with Gasteiger partial charge >= 0.3 is 0 Å². The van der Waals surface area contributed by atoms with Gasteiger partial charge in [0.05, 0.1) is 5.60 Å². The van der Waals surface area contributed by atoms with Crippen molar-refractivity contribution in [1.29, 1.82) is 0 Å². The molecule has 2 saturated heterocycles. The van der Waals surface area contributed by atoms with Gasteiger partial charge in [0.25, 0.3) is 0 Å². The number of hydrogen-bond acceptors (Lipinski definition) is 3. The standard InChI is InChI=1S/C20H28FNO2/c1-16-15-22(11-2-3-17-4-6-19(21)7-5-17)12-10-20(16,23)18-8-13-24-14-9-18/h2-7,16,18,23H,8-15H2,1H3/b3-2+/t16-,20+/m1/s1. The van der Waals surface area contributed by atoms with Gasteiger partial charge in [0, 0.05) is 32.8 Å². The molecule has 1 aromatic rings. The number of piperidine rings is 1. The van der Waals surface area contributed by atoms with Crippen molar-refractivity contribution in [1.82, 2.24) is 4.90 Å². The van der Waals surface area contributed by atoms with Crippen LogP contribution in [0, 0.1) is 17.7 Å². The summed E-state index contributed by atoms with van der Waals surface area (Å²) in [6.07, 6.45) is 6.95. The van der Waals surface area contributed by atoms with Crippen LogP contribution >= 0.6 is 0 Å². The van der Waals surface area contributed by atoms with Crippen LogP contribution in [0.2, 0.25) is 0 Å². The molecule has 0 unspecified atom stereocenters. The lowest BCUT2D eigenvalue weighted by Gasteiger charge is -2.48. The van der Waals surface area contributed by atoms with E-state index in [2.05, 4.69) is 17.9 Å². The van der Waals surface area contributed by atoms with Gasteiger partial charge in [-0.1, -0.05) is 31.2 Å². The molecule has 0 aromatic heterocycles. The summed E-state index contributed by atoms with van der Waals surface area (Å²) in [4.78, 5) is 2.39. The zero-order valence-electron chi connectivity index (χ0n) is 14.5. The summed E-state index contributed by atoms with van der Waals surface area (Å²) in [6, 6.07) is 6.54. The Morgan fingerprint density at radius 1 is 1.29 bits per heavy atom. The first-order chi connectivity index (χ1) is 11.6. The first-order valence-electron chi connectivity index (χ1n) is 9.02. The van der Waals surface area contributed by atoms with E-state index in [1.54, 1.807) is 12.1 Å². The molecule has 132 valence electrons. The van der Waals surface area contributed by atoms with E-state index in [-0.39, 0.29) is 11.7 Å². The number of hydrogen-bond donors (Lipinski definition) is 1. The van der Waals surface area contributed by atoms with Crippen molar-refractivity contribution in [2.24, 2.45) is 11.8 Å². The Kier molecular flexibility index (Phi) is 5.69. The maximum Gasteiger partial charge on any atom is 0.123 e. The fourth-order valence-electron chi connectivity index (χ4n) is 4.10. The minimum Gasteiger partial charge on any atom is -0.389 e. The third-order valence-corrected chi connectivity index (χ3v) is 5.69. The molecule has 3 nitrogen and oxygen atoms in total. The van der Waals surface area contributed by atoms with E-state index in [9.17, 15) is 9.50 Å². The number of rotatable bonds is 4. The summed E-state index contributed by atoms with van der Waals surface area (Å²) in [5.74, 6) is 0.441. The van der Waals surface area contributed by atoms with Crippen molar-refractivity contribution in [3.63, 3.8) is 0 Å². The summed E-state index contributed by atoms with van der Waals surface area (Å²) < 4.78 is 18.3. The van der Waals surface area contributed by atoms with Gasteiger partial charge in [0.15, 0.2) is 0 Å². The molecule has 1 N–H and O–H groups in total. The summed E-state index contributed by atoms with van der Waals surface area (Å²) in [5, 5.41) is 11.2. The van der Waals surface area contributed by atoms with E-state index in [1.165, 1.54) is 12.1 Å². The molecule has 4 heteroatoms. The van der Waals surface area contributed by atoms with Gasteiger partial charge in [0.2, 0.25) is 0 Å². The number of aliphatic hydroxyl groups is 1. The van der Waals surface area contributed by atoms with Crippen molar-refractivity contribution in [3.8, 4) is 0 Å². The number of nitrogens with zero attached hydrogens (tertiary/aromatic N) is 1. The molecule has 2 aliphatic rings. The highest BCUT2D eigenvalue weighted by Gasteiger charge is 2.44. The number of benzene rings is 1. The predicted octanol–water partition coefficient (Wildman–Crippen LogP) is 3.34. The third-order valence-electron chi connectivity index (χ3n) is 5.69. The second kappa shape index (κ2) is 7.77. The Morgan fingerprint density at radius 3 is 2.67 bits per heavy atom. The van der Waals surface area contributed by atoms with Crippen LogP contribution in [0.15, 0.2) is 30.3 Å². The van der Waals surface area contributed by atoms with Crippen LogP contribution in [0.25, 0.3) is 6.08 Å². The van der Waals surface area contributed by atoms with Crippen molar-refractivity contribution in [2.45, 2.75) is 31.8 Å². The van der Waals surface area contributed by atoms with Crippen LogP contribution in [-0.2, 0) is 4.74 Å². The topological polar surface area (TPSA) is 32.7 Å². The smallest absolute Gasteiger partial charge is 0.123 e. The van der Waals surface area contributed by atoms with Crippen molar-refractivity contribution in [2.75, 3.05) is 32.8 Å². The average molecular weight is 333 g/mol. The largest absolute Gasteiger partial charge is 0.389 e. The molecule has 1 aromatic carbocycles.